The van der Waals surface area contributed by atoms with Crippen LogP contribution in [-0.2, 0) is 13.0 Å². The molecule has 0 atom stereocenters. The van der Waals surface area contributed by atoms with E-state index in [4.69, 9.17) is 11.6 Å². The highest BCUT2D eigenvalue weighted by molar-refractivity contribution is 7.16. The number of aromatic carboxylic acids is 1. The van der Waals surface area contributed by atoms with Crippen LogP contribution < -0.4 is 0 Å². The number of hydrogen-bond acceptors (Lipinski definition) is 3. The van der Waals surface area contributed by atoms with Crippen LogP contribution in [0.25, 0.3) is 11.0 Å². The number of hydrogen-bond donors (Lipinski definition) is 1. The van der Waals surface area contributed by atoms with Crippen LogP contribution in [0.15, 0.2) is 30.3 Å². The Morgan fingerprint density at radius 1 is 1.38 bits per heavy atom. The minimum atomic E-state index is -0.952. The summed E-state index contributed by atoms with van der Waals surface area (Å²) in [5.74, 6) is -0.0738. The van der Waals surface area contributed by atoms with Crippen LogP contribution in [-0.4, -0.2) is 20.6 Å². The summed E-state index contributed by atoms with van der Waals surface area (Å²) >= 11 is 7.50. The van der Waals surface area contributed by atoms with E-state index in [1.165, 1.54) is 11.3 Å². The van der Waals surface area contributed by atoms with Gasteiger partial charge >= 0.3 is 5.97 Å². The summed E-state index contributed by atoms with van der Waals surface area (Å²) in [7, 11) is 0. The number of imidazole rings is 1. The molecule has 0 unspecified atom stereocenters. The van der Waals surface area contributed by atoms with Crippen LogP contribution in [0, 0.1) is 0 Å². The normalized spacial score (nSPS) is 11.1. The molecule has 0 saturated carbocycles. The van der Waals surface area contributed by atoms with Gasteiger partial charge in [-0.3, -0.25) is 0 Å². The summed E-state index contributed by atoms with van der Waals surface area (Å²) in [5, 5.41) is 9.28. The molecule has 2 heterocycles. The Labute approximate surface area is 130 Å². The van der Waals surface area contributed by atoms with Gasteiger partial charge in [-0.25, -0.2) is 9.78 Å². The van der Waals surface area contributed by atoms with Crippen LogP contribution in [0.4, 0.5) is 0 Å². The van der Waals surface area contributed by atoms with Gasteiger partial charge in [0.05, 0.1) is 22.0 Å². The molecule has 0 saturated heterocycles. The average Bonchev–Trinajstić information content (AvgIpc) is 3.03. The fourth-order valence-corrected chi connectivity index (χ4v) is 3.48. The molecule has 0 aliphatic carbocycles. The van der Waals surface area contributed by atoms with Crippen LogP contribution >= 0.6 is 22.9 Å². The first-order valence-corrected chi connectivity index (χ1v) is 7.75. The van der Waals surface area contributed by atoms with E-state index >= 15 is 0 Å². The van der Waals surface area contributed by atoms with Crippen molar-refractivity contribution in [3.8, 4) is 0 Å². The van der Waals surface area contributed by atoms with Crippen molar-refractivity contribution in [3.05, 3.63) is 50.9 Å². The standard InChI is InChI=1S/C15H13ClN2O2S/c1-2-13-17-14-10(15(19)20)4-3-5-11(14)18(13)8-9-6-7-12(16)21-9/h3-7H,2,8H2,1H3,(H,19,20). The molecule has 0 radical (unpaired) electrons. The van der Waals surface area contributed by atoms with Crippen LogP contribution in [0.3, 0.4) is 0 Å². The third-order valence-corrected chi connectivity index (χ3v) is 4.56. The maximum Gasteiger partial charge on any atom is 0.337 e. The van der Waals surface area contributed by atoms with E-state index in [0.717, 1.165) is 27.0 Å². The molecule has 108 valence electrons. The number of para-hydroxylation sites is 1. The van der Waals surface area contributed by atoms with Crippen LogP contribution in [0.5, 0.6) is 0 Å². The predicted octanol–water partition coefficient (Wildman–Crippen LogP) is 4.06. The lowest BCUT2D eigenvalue weighted by Gasteiger charge is -2.06. The molecule has 1 N–H and O–H groups in total. The van der Waals surface area contributed by atoms with Gasteiger partial charge in [0.2, 0.25) is 0 Å². The highest BCUT2D eigenvalue weighted by atomic mass is 35.5. The zero-order valence-electron chi connectivity index (χ0n) is 11.3. The Hall–Kier alpha value is -1.85. The van der Waals surface area contributed by atoms with Crippen molar-refractivity contribution >= 4 is 39.9 Å². The number of carboxylic acid groups (broad SMARTS) is 1. The lowest BCUT2D eigenvalue weighted by Crippen LogP contribution is -2.03. The fraction of sp³-hybridized carbons (Fsp3) is 0.200. The molecule has 0 aliphatic rings. The van der Waals surface area contributed by atoms with Gasteiger partial charge in [0.25, 0.3) is 0 Å². The van der Waals surface area contributed by atoms with Crippen LogP contribution in [0.2, 0.25) is 4.34 Å². The van der Waals surface area contributed by atoms with E-state index in [0.29, 0.717) is 12.1 Å². The molecule has 1 aromatic carbocycles. The first-order chi connectivity index (χ1) is 10.1. The summed E-state index contributed by atoms with van der Waals surface area (Å²) in [6.07, 6.45) is 0.743. The lowest BCUT2D eigenvalue weighted by atomic mass is 10.2. The third-order valence-electron chi connectivity index (χ3n) is 3.35. The molecule has 0 amide bonds. The number of thiophene rings is 1. The SMILES string of the molecule is CCc1nc2c(C(=O)O)cccc2n1Cc1ccc(Cl)s1. The fourth-order valence-electron chi connectivity index (χ4n) is 2.41. The van der Waals surface area contributed by atoms with E-state index in [1.807, 2.05) is 25.1 Å². The first-order valence-electron chi connectivity index (χ1n) is 6.55. The van der Waals surface area contributed by atoms with Crippen molar-refractivity contribution in [2.24, 2.45) is 0 Å². The van der Waals surface area contributed by atoms with Gasteiger partial charge in [-0.05, 0) is 24.3 Å². The molecule has 0 fully saturated rings. The Morgan fingerprint density at radius 3 is 2.81 bits per heavy atom. The molecule has 0 aliphatic heterocycles. The van der Waals surface area contributed by atoms with Crippen molar-refractivity contribution in [1.82, 2.24) is 9.55 Å². The Bertz CT molecular complexity index is 822. The number of aryl methyl sites for hydroxylation is 1. The molecule has 4 nitrogen and oxygen atoms in total. The zero-order valence-corrected chi connectivity index (χ0v) is 12.9. The first kappa shape index (κ1) is 14.1. The minimum Gasteiger partial charge on any atom is -0.478 e. The van der Waals surface area contributed by atoms with Crippen molar-refractivity contribution < 1.29 is 9.90 Å². The molecule has 6 heteroatoms. The van der Waals surface area contributed by atoms with Gasteiger partial charge in [0, 0.05) is 11.3 Å². The Morgan fingerprint density at radius 2 is 2.19 bits per heavy atom. The van der Waals surface area contributed by atoms with Crippen molar-refractivity contribution in [2.75, 3.05) is 0 Å². The van der Waals surface area contributed by atoms with Gasteiger partial charge in [-0.2, -0.15) is 0 Å². The van der Waals surface area contributed by atoms with E-state index in [1.54, 1.807) is 12.1 Å². The zero-order chi connectivity index (χ0) is 15.0. The molecule has 0 spiro atoms. The summed E-state index contributed by atoms with van der Waals surface area (Å²) in [5.41, 5.74) is 1.63. The second-order valence-corrected chi connectivity index (χ2v) is 6.45. The Kier molecular flexibility index (Phi) is 3.69. The summed E-state index contributed by atoms with van der Waals surface area (Å²) in [6.45, 7) is 2.67. The van der Waals surface area contributed by atoms with Gasteiger partial charge in [0.15, 0.2) is 0 Å². The predicted molar refractivity (Wildman–Crippen MR) is 84.5 cm³/mol. The summed E-state index contributed by atoms with van der Waals surface area (Å²) in [6, 6.07) is 9.10. The van der Waals surface area contributed by atoms with E-state index < -0.39 is 5.97 Å². The van der Waals surface area contributed by atoms with E-state index in [2.05, 4.69) is 9.55 Å². The molecular formula is C15H13ClN2O2S. The number of carboxylic acids is 1. The smallest absolute Gasteiger partial charge is 0.337 e. The van der Waals surface area contributed by atoms with Crippen LogP contribution in [0.1, 0.15) is 28.0 Å². The van der Waals surface area contributed by atoms with Gasteiger partial charge in [-0.1, -0.05) is 24.6 Å². The number of fused-ring (bicyclic) bond motifs is 1. The van der Waals surface area contributed by atoms with E-state index in [-0.39, 0.29) is 5.56 Å². The van der Waals surface area contributed by atoms with Gasteiger partial charge < -0.3 is 9.67 Å². The molecular weight excluding hydrogens is 308 g/mol. The number of halogens is 1. The molecule has 21 heavy (non-hydrogen) atoms. The average molecular weight is 321 g/mol. The summed E-state index contributed by atoms with van der Waals surface area (Å²) in [4.78, 5) is 17.0. The lowest BCUT2D eigenvalue weighted by molar-refractivity contribution is 0.0699. The van der Waals surface area contributed by atoms with Crippen molar-refractivity contribution in [3.63, 3.8) is 0 Å². The van der Waals surface area contributed by atoms with Gasteiger partial charge in [0.1, 0.15) is 11.3 Å². The maximum absolute atomic E-state index is 11.3. The topological polar surface area (TPSA) is 55.1 Å². The molecule has 0 bridgehead atoms. The molecule has 2 aromatic heterocycles. The molecule has 3 rings (SSSR count). The minimum absolute atomic E-state index is 0.241. The van der Waals surface area contributed by atoms with E-state index in [9.17, 15) is 9.90 Å². The number of rotatable bonds is 4. The Balaban J connectivity index is 2.16. The van der Waals surface area contributed by atoms with Gasteiger partial charge in [-0.15, -0.1) is 11.3 Å². The summed E-state index contributed by atoms with van der Waals surface area (Å²) < 4.78 is 2.81. The second-order valence-electron chi connectivity index (χ2n) is 4.65. The van der Waals surface area contributed by atoms with Crippen molar-refractivity contribution in [2.45, 2.75) is 19.9 Å². The monoisotopic (exact) mass is 320 g/mol. The second kappa shape index (κ2) is 5.50. The quantitative estimate of drug-likeness (QED) is 0.788. The number of nitrogens with zero attached hydrogens (tertiary/aromatic N) is 2. The largest absolute Gasteiger partial charge is 0.478 e. The number of benzene rings is 1. The highest BCUT2D eigenvalue weighted by Crippen LogP contribution is 2.26. The number of aromatic nitrogens is 2. The number of carbonyl (C=O) groups is 1. The maximum atomic E-state index is 11.3. The van der Waals surface area contributed by atoms with Crippen molar-refractivity contribution in [1.29, 1.82) is 0 Å². The third kappa shape index (κ3) is 2.54. The molecule has 3 aromatic rings. The highest BCUT2D eigenvalue weighted by Gasteiger charge is 2.16.